The maximum absolute atomic E-state index is 11.7. The van der Waals surface area contributed by atoms with Crippen molar-refractivity contribution in [2.75, 3.05) is 23.9 Å². The molecule has 0 aromatic heterocycles. The summed E-state index contributed by atoms with van der Waals surface area (Å²) in [5, 5.41) is 0. The molecule has 0 unspecified atom stereocenters. The molecule has 1 rings (SSSR count). The van der Waals surface area contributed by atoms with Gasteiger partial charge in [-0.05, 0) is 31.3 Å². The summed E-state index contributed by atoms with van der Waals surface area (Å²) in [7, 11) is 0. The van der Waals surface area contributed by atoms with Crippen LogP contribution < -0.4 is 0 Å². The molecule has 0 spiro atoms. The quantitative estimate of drug-likeness (QED) is 0.698. The van der Waals surface area contributed by atoms with Crippen LogP contribution in [-0.2, 0) is 4.79 Å². The minimum Gasteiger partial charge on any atom is -0.340 e. The van der Waals surface area contributed by atoms with Gasteiger partial charge >= 0.3 is 0 Å². The minimum absolute atomic E-state index is 0.222. The lowest BCUT2D eigenvalue weighted by atomic mass is 10.1. The summed E-state index contributed by atoms with van der Waals surface area (Å²) in [6.07, 6.45) is 2.78. The van der Waals surface area contributed by atoms with Gasteiger partial charge in [0.15, 0.2) is 0 Å². The van der Waals surface area contributed by atoms with Gasteiger partial charge in [0.1, 0.15) is 0 Å². The van der Waals surface area contributed by atoms with E-state index >= 15 is 0 Å². The number of carbonyl (C=O) groups excluding carboxylic acids is 1. The first-order chi connectivity index (χ1) is 6.79. The summed E-state index contributed by atoms with van der Waals surface area (Å²) in [5.74, 6) is 3.04. The van der Waals surface area contributed by atoms with Gasteiger partial charge in [0.05, 0.1) is 0 Å². The fourth-order valence-corrected chi connectivity index (χ4v) is 3.10. The highest BCUT2D eigenvalue weighted by atomic mass is 35.5. The van der Waals surface area contributed by atoms with Crippen molar-refractivity contribution in [1.82, 2.24) is 4.90 Å². The van der Waals surface area contributed by atoms with E-state index in [2.05, 4.69) is 0 Å². The molecule has 0 aromatic carbocycles. The normalized spacial score (nSPS) is 18.1. The van der Waals surface area contributed by atoms with Gasteiger partial charge < -0.3 is 4.90 Å². The van der Waals surface area contributed by atoms with Gasteiger partial charge in [0.25, 0.3) is 0 Å². The number of hydrogen-bond acceptors (Lipinski definition) is 2. The molecule has 0 saturated carbocycles. The molecule has 1 fully saturated rings. The van der Waals surface area contributed by atoms with E-state index in [0.717, 1.165) is 19.4 Å². The van der Waals surface area contributed by atoms with Crippen molar-refractivity contribution >= 4 is 29.3 Å². The second kappa shape index (κ2) is 6.57. The summed E-state index contributed by atoms with van der Waals surface area (Å²) in [5.41, 5.74) is 0. The SMILES string of the molecule is CCN(C(=O)CCCl)C1CCSCC1. The van der Waals surface area contributed by atoms with Crippen molar-refractivity contribution in [2.45, 2.75) is 32.2 Å². The molecule has 1 amide bonds. The first-order valence-corrected chi connectivity index (χ1v) is 6.91. The van der Waals surface area contributed by atoms with E-state index in [1.165, 1.54) is 11.5 Å². The van der Waals surface area contributed by atoms with Crippen molar-refractivity contribution in [3.8, 4) is 0 Å². The van der Waals surface area contributed by atoms with Crippen molar-refractivity contribution in [2.24, 2.45) is 0 Å². The lowest BCUT2D eigenvalue weighted by Gasteiger charge is -2.33. The number of alkyl halides is 1. The molecule has 1 heterocycles. The van der Waals surface area contributed by atoms with E-state index in [4.69, 9.17) is 11.6 Å². The Morgan fingerprint density at radius 2 is 2.14 bits per heavy atom. The largest absolute Gasteiger partial charge is 0.340 e. The molecular formula is C10H18ClNOS. The molecule has 0 aliphatic carbocycles. The van der Waals surface area contributed by atoms with Crippen LogP contribution in [0.25, 0.3) is 0 Å². The molecule has 0 radical (unpaired) electrons. The second-order valence-corrected chi connectivity index (χ2v) is 5.06. The van der Waals surface area contributed by atoms with E-state index in [-0.39, 0.29) is 5.91 Å². The van der Waals surface area contributed by atoms with E-state index in [9.17, 15) is 4.79 Å². The van der Waals surface area contributed by atoms with Crippen LogP contribution in [0.4, 0.5) is 0 Å². The van der Waals surface area contributed by atoms with Crippen molar-refractivity contribution in [1.29, 1.82) is 0 Å². The van der Waals surface area contributed by atoms with Gasteiger partial charge in [0, 0.05) is 24.9 Å². The number of hydrogen-bond donors (Lipinski definition) is 0. The molecule has 4 heteroatoms. The summed E-state index contributed by atoms with van der Waals surface area (Å²) in [6, 6.07) is 0.469. The highest BCUT2D eigenvalue weighted by molar-refractivity contribution is 7.99. The van der Waals surface area contributed by atoms with E-state index in [0.29, 0.717) is 18.3 Å². The fraction of sp³-hybridized carbons (Fsp3) is 0.900. The Morgan fingerprint density at radius 3 is 2.64 bits per heavy atom. The smallest absolute Gasteiger partial charge is 0.224 e. The van der Waals surface area contributed by atoms with E-state index in [1.807, 2.05) is 23.6 Å². The average Bonchev–Trinajstić information content (AvgIpc) is 2.21. The van der Waals surface area contributed by atoms with Crippen molar-refractivity contribution in [3.05, 3.63) is 0 Å². The zero-order valence-corrected chi connectivity index (χ0v) is 10.2. The number of nitrogens with zero attached hydrogens (tertiary/aromatic N) is 1. The number of carbonyl (C=O) groups is 1. The number of thioether (sulfide) groups is 1. The fourth-order valence-electron chi connectivity index (χ4n) is 1.86. The van der Waals surface area contributed by atoms with Crippen LogP contribution in [0.2, 0.25) is 0 Å². The van der Waals surface area contributed by atoms with Gasteiger partial charge in [-0.25, -0.2) is 0 Å². The molecule has 0 aromatic rings. The van der Waals surface area contributed by atoms with Gasteiger partial charge in [-0.1, -0.05) is 0 Å². The summed E-state index contributed by atoms with van der Waals surface area (Å²) in [4.78, 5) is 13.7. The summed E-state index contributed by atoms with van der Waals surface area (Å²) < 4.78 is 0. The Kier molecular flexibility index (Phi) is 5.71. The minimum atomic E-state index is 0.222. The van der Waals surface area contributed by atoms with Crippen LogP contribution in [0, 0.1) is 0 Å². The Morgan fingerprint density at radius 1 is 1.50 bits per heavy atom. The molecule has 1 aliphatic rings. The molecule has 0 bridgehead atoms. The maximum atomic E-state index is 11.7. The molecule has 14 heavy (non-hydrogen) atoms. The Hall–Kier alpha value is 0.110. The first kappa shape index (κ1) is 12.2. The van der Waals surface area contributed by atoms with Crippen LogP contribution >= 0.6 is 23.4 Å². The van der Waals surface area contributed by atoms with Gasteiger partial charge in [-0.15, -0.1) is 11.6 Å². The number of amides is 1. The zero-order chi connectivity index (χ0) is 10.4. The van der Waals surface area contributed by atoms with Gasteiger partial charge in [0.2, 0.25) is 5.91 Å². The third-order valence-corrected chi connectivity index (χ3v) is 3.84. The van der Waals surface area contributed by atoms with Gasteiger partial charge in [-0.3, -0.25) is 4.79 Å². The van der Waals surface area contributed by atoms with Crippen molar-refractivity contribution < 1.29 is 4.79 Å². The third kappa shape index (κ3) is 3.35. The molecule has 2 nitrogen and oxygen atoms in total. The van der Waals surface area contributed by atoms with E-state index in [1.54, 1.807) is 0 Å². The lowest BCUT2D eigenvalue weighted by Crippen LogP contribution is -2.42. The molecule has 1 saturated heterocycles. The number of halogens is 1. The summed E-state index contributed by atoms with van der Waals surface area (Å²) in [6.45, 7) is 2.87. The molecule has 0 atom stereocenters. The van der Waals surface area contributed by atoms with Gasteiger partial charge in [-0.2, -0.15) is 11.8 Å². The summed E-state index contributed by atoms with van der Waals surface area (Å²) >= 11 is 7.57. The molecule has 82 valence electrons. The Balaban J connectivity index is 2.46. The average molecular weight is 236 g/mol. The Labute approximate surface area is 95.4 Å². The van der Waals surface area contributed by atoms with Crippen LogP contribution in [0.3, 0.4) is 0 Å². The molecule has 0 N–H and O–H groups in total. The Bertz CT molecular complexity index is 183. The lowest BCUT2D eigenvalue weighted by molar-refractivity contribution is -0.133. The topological polar surface area (TPSA) is 20.3 Å². The highest BCUT2D eigenvalue weighted by Gasteiger charge is 2.23. The zero-order valence-electron chi connectivity index (χ0n) is 8.67. The third-order valence-electron chi connectivity index (χ3n) is 2.60. The van der Waals surface area contributed by atoms with Crippen LogP contribution in [0.15, 0.2) is 0 Å². The standard InChI is InChI=1S/C10H18ClNOS/c1-2-12(10(13)3-6-11)9-4-7-14-8-5-9/h9H,2-8H2,1H3. The molecule has 1 aliphatic heterocycles. The van der Waals surface area contributed by atoms with Crippen molar-refractivity contribution in [3.63, 3.8) is 0 Å². The van der Waals surface area contributed by atoms with Crippen LogP contribution in [0.1, 0.15) is 26.2 Å². The van der Waals surface area contributed by atoms with E-state index < -0.39 is 0 Å². The predicted molar refractivity (Wildman–Crippen MR) is 63.1 cm³/mol. The second-order valence-electron chi connectivity index (χ2n) is 3.46. The molecular weight excluding hydrogens is 218 g/mol. The van der Waals surface area contributed by atoms with Crippen LogP contribution in [0.5, 0.6) is 0 Å². The monoisotopic (exact) mass is 235 g/mol. The first-order valence-electron chi connectivity index (χ1n) is 5.22. The predicted octanol–water partition coefficient (Wildman–Crippen LogP) is 2.36. The highest BCUT2D eigenvalue weighted by Crippen LogP contribution is 2.22. The van der Waals surface area contributed by atoms with Crippen LogP contribution in [-0.4, -0.2) is 40.8 Å². The number of rotatable bonds is 4. The maximum Gasteiger partial charge on any atom is 0.224 e.